The average molecular weight is 426 g/mol. The van der Waals surface area contributed by atoms with Crippen LogP contribution in [0.2, 0.25) is 0 Å². The highest BCUT2D eigenvalue weighted by atomic mass is 16.5. The van der Waals surface area contributed by atoms with Crippen molar-refractivity contribution in [3.05, 3.63) is 100 Å². The molecule has 0 radical (unpaired) electrons. The van der Waals surface area contributed by atoms with Gasteiger partial charge in [-0.1, -0.05) is 36.4 Å². The number of nitrogens with zero attached hydrogens (tertiary/aromatic N) is 1. The summed E-state index contributed by atoms with van der Waals surface area (Å²) in [4.78, 5) is 39.5. The predicted octanol–water partition coefficient (Wildman–Crippen LogP) is 3.83. The smallest absolute Gasteiger partial charge is 0.339 e. The summed E-state index contributed by atoms with van der Waals surface area (Å²) in [5.74, 6) is -1.03. The van der Waals surface area contributed by atoms with Crippen molar-refractivity contribution in [2.75, 3.05) is 11.4 Å². The molecule has 0 saturated carbocycles. The molecule has 0 spiro atoms. The molecule has 2 amide bonds. The maximum Gasteiger partial charge on any atom is 0.339 e. The van der Waals surface area contributed by atoms with Crippen molar-refractivity contribution in [3.63, 3.8) is 0 Å². The number of cyclic esters (lactones) is 1. The van der Waals surface area contributed by atoms with E-state index in [0.717, 1.165) is 28.8 Å². The number of hydrogen-bond donors (Lipinski definition) is 1. The van der Waals surface area contributed by atoms with Gasteiger partial charge in [-0.3, -0.25) is 9.59 Å². The molecule has 1 unspecified atom stereocenters. The summed E-state index contributed by atoms with van der Waals surface area (Å²) in [6.07, 6.45) is 1.58. The van der Waals surface area contributed by atoms with Crippen LogP contribution in [-0.4, -0.2) is 24.3 Å². The number of hydrogen-bond acceptors (Lipinski definition) is 4. The zero-order chi connectivity index (χ0) is 22.2. The predicted molar refractivity (Wildman–Crippen MR) is 120 cm³/mol. The SMILES string of the molecule is NC(=O)c1cccc2c1CCCN2C(=O)c1ccc2c(c1)CC(c1ccccc1)OC2=O. The lowest BCUT2D eigenvalue weighted by molar-refractivity contribution is 0.0252. The van der Waals surface area contributed by atoms with Gasteiger partial charge in [0.2, 0.25) is 5.91 Å². The number of benzene rings is 3. The number of rotatable bonds is 3. The summed E-state index contributed by atoms with van der Waals surface area (Å²) in [5, 5.41) is 0. The molecule has 0 fully saturated rings. The number of carbonyl (C=O) groups is 3. The van der Waals surface area contributed by atoms with Crippen molar-refractivity contribution in [2.45, 2.75) is 25.4 Å². The van der Waals surface area contributed by atoms with Crippen molar-refractivity contribution in [3.8, 4) is 0 Å². The molecule has 0 saturated heterocycles. The molecular formula is C26H22N2O4. The van der Waals surface area contributed by atoms with E-state index in [9.17, 15) is 14.4 Å². The van der Waals surface area contributed by atoms with Crippen LogP contribution in [0, 0.1) is 0 Å². The fourth-order valence-corrected chi connectivity index (χ4v) is 4.60. The van der Waals surface area contributed by atoms with Crippen LogP contribution in [0.3, 0.4) is 0 Å². The van der Waals surface area contributed by atoms with Gasteiger partial charge in [0, 0.05) is 29.8 Å². The molecule has 32 heavy (non-hydrogen) atoms. The van der Waals surface area contributed by atoms with Crippen LogP contribution in [0.5, 0.6) is 0 Å². The van der Waals surface area contributed by atoms with Crippen molar-refractivity contribution >= 4 is 23.5 Å². The van der Waals surface area contributed by atoms with Gasteiger partial charge in [-0.15, -0.1) is 0 Å². The highest BCUT2D eigenvalue weighted by Gasteiger charge is 2.30. The third-order valence-electron chi connectivity index (χ3n) is 6.16. The first-order chi connectivity index (χ1) is 15.5. The third kappa shape index (κ3) is 3.43. The molecule has 3 aromatic rings. The van der Waals surface area contributed by atoms with E-state index in [1.807, 2.05) is 36.4 Å². The van der Waals surface area contributed by atoms with E-state index in [0.29, 0.717) is 36.1 Å². The Kier molecular flexibility index (Phi) is 4.98. The van der Waals surface area contributed by atoms with Gasteiger partial charge in [-0.25, -0.2) is 4.79 Å². The summed E-state index contributed by atoms with van der Waals surface area (Å²) in [7, 11) is 0. The fourth-order valence-electron chi connectivity index (χ4n) is 4.60. The Morgan fingerprint density at radius 3 is 2.59 bits per heavy atom. The lowest BCUT2D eigenvalue weighted by atomic mass is 9.92. The molecule has 5 rings (SSSR count). The van der Waals surface area contributed by atoms with Crippen molar-refractivity contribution < 1.29 is 19.1 Å². The Labute approximate surface area is 185 Å². The Morgan fingerprint density at radius 1 is 1.00 bits per heavy atom. The van der Waals surface area contributed by atoms with E-state index in [2.05, 4.69) is 0 Å². The van der Waals surface area contributed by atoms with Crippen molar-refractivity contribution in [1.29, 1.82) is 0 Å². The van der Waals surface area contributed by atoms with Gasteiger partial charge < -0.3 is 15.4 Å². The molecule has 2 aliphatic heterocycles. The van der Waals surface area contributed by atoms with Gasteiger partial charge in [0.15, 0.2) is 0 Å². The first-order valence-corrected chi connectivity index (χ1v) is 10.7. The van der Waals surface area contributed by atoms with Gasteiger partial charge in [0.05, 0.1) is 5.56 Å². The standard InChI is InChI=1S/C26H22N2O4/c27-24(29)21-8-4-10-22-20(21)9-5-13-28(22)25(30)17-11-12-19-18(14-17)15-23(32-26(19)31)16-6-2-1-3-7-16/h1-4,6-8,10-12,14,23H,5,9,13,15H2,(H2,27,29). The fraction of sp³-hybridized carbons (Fsp3) is 0.192. The molecule has 1 atom stereocenters. The molecule has 0 aliphatic carbocycles. The van der Waals surface area contributed by atoms with Crippen molar-refractivity contribution in [1.82, 2.24) is 0 Å². The molecule has 6 heteroatoms. The molecule has 2 heterocycles. The number of fused-ring (bicyclic) bond motifs is 2. The van der Waals surface area contributed by atoms with Crippen LogP contribution in [0.15, 0.2) is 66.7 Å². The van der Waals surface area contributed by atoms with Gasteiger partial charge >= 0.3 is 5.97 Å². The highest BCUT2D eigenvalue weighted by Crippen LogP contribution is 2.33. The van der Waals surface area contributed by atoms with Crippen LogP contribution >= 0.6 is 0 Å². The van der Waals surface area contributed by atoms with E-state index in [4.69, 9.17) is 10.5 Å². The normalized spacial score (nSPS) is 17.2. The second kappa shape index (κ2) is 7.96. The molecule has 6 nitrogen and oxygen atoms in total. The van der Waals surface area contributed by atoms with E-state index >= 15 is 0 Å². The Bertz CT molecular complexity index is 1240. The molecule has 160 valence electrons. The summed E-state index contributed by atoms with van der Waals surface area (Å²) in [6, 6.07) is 20.0. The zero-order valence-corrected chi connectivity index (χ0v) is 17.4. The van der Waals surface area contributed by atoms with Crippen LogP contribution in [0.4, 0.5) is 5.69 Å². The van der Waals surface area contributed by atoms with Crippen LogP contribution < -0.4 is 10.6 Å². The molecule has 2 N–H and O–H groups in total. The first-order valence-electron chi connectivity index (χ1n) is 10.7. The number of ether oxygens (including phenoxy) is 1. The molecule has 0 aromatic heterocycles. The largest absolute Gasteiger partial charge is 0.454 e. The van der Waals surface area contributed by atoms with Crippen LogP contribution in [0.25, 0.3) is 0 Å². The number of amides is 2. The third-order valence-corrected chi connectivity index (χ3v) is 6.16. The minimum Gasteiger partial charge on any atom is -0.454 e. The topological polar surface area (TPSA) is 89.7 Å². The van der Waals surface area contributed by atoms with E-state index in [1.54, 1.807) is 35.2 Å². The van der Waals surface area contributed by atoms with E-state index in [-0.39, 0.29) is 18.0 Å². The Morgan fingerprint density at radius 2 is 1.81 bits per heavy atom. The highest BCUT2D eigenvalue weighted by molar-refractivity contribution is 6.08. The van der Waals surface area contributed by atoms with Gasteiger partial charge in [0.1, 0.15) is 6.10 Å². The number of esters is 1. The second-order valence-corrected chi connectivity index (χ2v) is 8.11. The Balaban J connectivity index is 1.48. The maximum absolute atomic E-state index is 13.5. The lowest BCUT2D eigenvalue weighted by Crippen LogP contribution is -2.36. The van der Waals surface area contributed by atoms with Gasteiger partial charge in [-0.2, -0.15) is 0 Å². The molecule has 2 aliphatic rings. The number of nitrogens with two attached hydrogens (primary N) is 1. The van der Waals surface area contributed by atoms with Crippen LogP contribution in [0.1, 0.15) is 60.3 Å². The summed E-state index contributed by atoms with van der Waals surface area (Å²) in [6.45, 7) is 0.555. The van der Waals surface area contributed by atoms with Crippen molar-refractivity contribution in [2.24, 2.45) is 5.73 Å². The lowest BCUT2D eigenvalue weighted by Gasteiger charge is -2.31. The van der Waals surface area contributed by atoms with Gasteiger partial charge in [-0.05, 0) is 59.9 Å². The van der Waals surface area contributed by atoms with E-state index in [1.165, 1.54) is 0 Å². The summed E-state index contributed by atoms with van der Waals surface area (Å²) in [5.41, 5.74) is 10.2. The molecular weight excluding hydrogens is 404 g/mol. The minimum atomic E-state index is -0.490. The molecule has 0 bridgehead atoms. The summed E-state index contributed by atoms with van der Waals surface area (Å²) < 4.78 is 5.62. The quantitative estimate of drug-likeness (QED) is 0.645. The van der Waals surface area contributed by atoms with Crippen LogP contribution in [-0.2, 0) is 17.6 Å². The molecule has 3 aromatic carbocycles. The number of primary amides is 1. The van der Waals surface area contributed by atoms with Gasteiger partial charge in [0.25, 0.3) is 5.91 Å². The number of anilines is 1. The second-order valence-electron chi connectivity index (χ2n) is 8.11. The zero-order valence-electron chi connectivity index (χ0n) is 17.4. The number of carbonyl (C=O) groups excluding carboxylic acids is 3. The monoisotopic (exact) mass is 426 g/mol. The summed E-state index contributed by atoms with van der Waals surface area (Å²) >= 11 is 0. The Hall–Kier alpha value is -3.93. The van der Waals surface area contributed by atoms with E-state index < -0.39 is 5.91 Å². The maximum atomic E-state index is 13.5. The minimum absolute atomic E-state index is 0.162. The first kappa shape index (κ1) is 20.0. The average Bonchev–Trinajstić information content (AvgIpc) is 2.83.